The molecule has 5 unspecified atom stereocenters. The third kappa shape index (κ3) is 28.1. The van der Waals surface area contributed by atoms with Crippen LogP contribution in [-0.4, -0.2) is 186 Å². The van der Waals surface area contributed by atoms with Gasteiger partial charge in [-0.3, -0.25) is 28.8 Å². The van der Waals surface area contributed by atoms with Gasteiger partial charge in [0, 0.05) is 208 Å². The van der Waals surface area contributed by atoms with Gasteiger partial charge in [-0.1, -0.05) is 140 Å². The number of amides is 1. The molecule has 0 radical (unpaired) electrons. The molecule has 30 nitrogen and oxygen atoms in total. The number of allylic oxidation sites excluding steroid dienone is 5. The average molecular weight is 2000 g/mol. The number of esters is 5. The lowest BCUT2D eigenvalue weighted by Crippen LogP contribution is -2.38. The number of ether oxygens (including phenoxy) is 5. The van der Waals surface area contributed by atoms with Gasteiger partial charge in [0.05, 0.1) is 41.1 Å². The lowest BCUT2D eigenvalue weighted by Gasteiger charge is -2.30. The van der Waals surface area contributed by atoms with Crippen molar-refractivity contribution >= 4 is 63.6 Å². The first-order valence-corrected chi connectivity index (χ1v) is 50.2. The molecule has 782 valence electrons. The van der Waals surface area contributed by atoms with E-state index in [1.54, 1.807) is 135 Å². The fourth-order valence-electron chi connectivity index (χ4n) is 18.0. The smallest absolute Gasteiger partial charge is 0.339 e. The van der Waals surface area contributed by atoms with Crippen molar-refractivity contribution in [3.8, 4) is 59.2 Å². The molecule has 0 aromatic carbocycles. The predicted octanol–water partition coefficient (Wildman–Crippen LogP) is 11.8. The van der Waals surface area contributed by atoms with Crippen LogP contribution < -0.4 is 27.8 Å². The van der Waals surface area contributed by atoms with E-state index in [0.717, 1.165) is 85.9 Å². The van der Waals surface area contributed by atoms with Crippen LogP contribution >= 0.6 is 0 Å². The first-order valence-electron chi connectivity index (χ1n) is 50.2. The van der Waals surface area contributed by atoms with Crippen LogP contribution in [0.4, 0.5) is 0 Å². The summed E-state index contributed by atoms with van der Waals surface area (Å²) < 4.78 is 40.7. The highest BCUT2D eigenvalue weighted by atomic mass is 16.6. The Balaban J connectivity index is 0.000000187. The largest absolute Gasteiger partial charge is 0.462 e. The van der Waals surface area contributed by atoms with Crippen molar-refractivity contribution in [3.05, 3.63) is 212 Å². The number of aromatic nitrogens is 6. The summed E-state index contributed by atoms with van der Waals surface area (Å²) in [6, 6.07) is 1.61. The zero-order chi connectivity index (χ0) is 109. The van der Waals surface area contributed by atoms with E-state index in [0.29, 0.717) is 175 Å². The van der Waals surface area contributed by atoms with Gasteiger partial charge >= 0.3 is 29.8 Å². The highest BCUT2D eigenvalue weighted by molar-refractivity contribution is 6.23. The summed E-state index contributed by atoms with van der Waals surface area (Å²) in [5, 5.41) is 55.1. The van der Waals surface area contributed by atoms with Crippen molar-refractivity contribution in [3.63, 3.8) is 0 Å². The van der Waals surface area contributed by atoms with Crippen molar-refractivity contribution in [2.75, 3.05) is 46.4 Å². The molecule has 2 saturated heterocycles. The molecule has 1 amide bonds. The Morgan fingerprint density at radius 1 is 0.404 bits per heavy atom. The number of carbonyl (C=O) groups is 6. The van der Waals surface area contributed by atoms with Crippen molar-refractivity contribution in [2.45, 2.75) is 290 Å². The summed E-state index contributed by atoms with van der Waals surface area (Å²) in [5.41, 5.74) is 7.56. The Kier molecular flexibility index (Phi) is 36.9. The Hall–Kier alpha value is -13.0. The Labute approximate surface area is 856 Å². The van der Waals surface area contributed by atoms with Crippen LogP contribution in [0, 0.1) is 102 Å². The van der Waals surface area contributed by atoms with Crippen LogP contribution in [0.25, 0.3) is 27.9 Å². The molecular formula is C116H146N8O22. The number of aryl methyl sites for hydroxylation is 6. The average Bonchev–Trinajstić information content (AvgIpc) is 1.61. The third-order valence-electron chi connectivity index (χ3n) is 27.9. The quantitative estimate of drug-likeness (QED) is 0.0303. The number of pyridine rings is 5. The van der Waals surface area contributed by atoms with Crippen molar-refractivity contribution in [1.82, 2.24) is 37.8 Å². The molecule has 146 heavy (non-hydrogen) atoms. The Bertz CT molecular complexity index is 6990. The molecule has 2 aliphatic heterocycles. The van der Waals surface area contributed by atoms with Crippen molar-refractivity contribution < 1.29 is 82.5 Å². The molecule has 8 aliphatic rings. The second kappa shape index (κ2) is 46.8. The molecule has 6 atom stereocenters. The number of carbonyl (C=O) groups excluding carboxylic acids is 6. The molecule has 8 heterocycles. The summed E-state index contributed by atoms with van der Waals surface area (Å²) in [6.45, 7) is 47.0. The van der Waals surface area contributed by atoms with Crippen LogP contribution in [-0.2, 0) is 125 Å². The second-order valence-electron chi connectivity index (χ2n) is 43.1. The number of hydrogen-bond acceptors (Lipinski definition) is 24. The van der Waals surface area contributed by atoms with Gasteiger partial charge in [-0.05, 0) is 212 Å². The van der Waals surface area contributed by atoms with E-state index in [-0.39, 0.29) is 99.9 Å². The van der Waals surface area contributed by atoms with Gasteiger partial charge in [-0.25, -0.2) is 24.0 Å². The van der Waals surface area contributed by atoms with Gasteiger partial charge in [-0.15, -0.1) is 0 Å². The SMILES string of the molecule is CC(=O)N1CCC(COC(=O)C2=C(C)Cc3c2c(C#CC(C)(C)O)cn(C)c3=O)CC1.CC1=C(C(=O)OC(C)C(C)C)c2c(C#CC(C)(O)C3CC3)cn(C)c(=O)c2C1.CC1=C(C(=O)OC(C)C(C)C)c2c(C#C[C@@](C)(O)c3cc(C)on3)cn(C)c(=O)c2C1.CC1=C(C(=O)OCC2CCN(C)CC2)c2c(C#CC(C)(C)O)cn(C)c(=O)c2C1.CCC(C)C(C)OC(=O)C1=C(C)Cc2c1c(C#CC(C)(C)O)cn(C)c2=O. The van der Waals surface area contributed by atoms with Crippen molar-refractivity contribution in [2.24, 2.45) is 70.7 Å². The second-order valence-corrected chi connectivity index (χ2v) is 43.1. The number of rotatable bonds is 18. The minimum absolute atomic E-state index is 0.0695. The predicted molar refractivity (Wildman–Crippen MR) is 560 cm³/mol. The molecule has 6 aromatic rings. The number of fused-ring (bicyclic) bond motifs is 5. The lowest BCUT2D eigenvalue weighted by atomic mass is 9.97. The molecule has 14 rings (SSSR count). The highest BCUT2D eigenvalue weighted by Crippen LogP contribution is 2.43. The van der Waals surface area contributed by atoms with E-state index in [2.05, 4.69) is 83.2 Å². The van der Waals surface area contributed by atoms with E-state index >= 15 is 0 Å². The molecule has 6 aliphatic carbocycles. The molecule has 0 bridgehead atoms. The Morgan fingerprint density at radius 3 is 0.938 bits per heavy atom. The molecule has 6 aromatic heterocycles. The van der Waals surface area contributed by atoms with Crippen LogP contribution in [0.15, 0.2) is 93.4 Å². The third-order valence-corrected chi connectivity index (χ3v) is 27.9. The summed E-state index contributed by atoms with van der Waals surface area (Å²) in [6.07, 6.45) is 15.8. The maximum Gasteiger partial charge on any atom is 0.339 e. The molecule has 5 N–H and O–H groups in total. The van der Waals surface area contributed by atoms with Gasteiger partial charge < -0.3 is 86.4 Å². The summed E-state index contributed by atoms with van der Waals surface area (Å²) in [7, 11) is 10.4. The first-order chi connectivity index (χ1) is 67.9. The van der Waals surface area contributed by atoms with E-state index in [9.17, 15) is 78.3 Å². The van der Waals surface area contributed by atoms with Gasteiger partial charge in [0.1, 0.15) is 52.2 Å². The number of nitrogens with zero attached hydrogens (tertiary/aromatic N) is 8. The fraction of sp³-hybridized carbons (Fsp3) is 0.534. The molecule has 0 spiro atoms. The fourth-order valence-corrected chi connectivity index (χ4v) is 18.0. The van der Waals surface area contributed by atoms with Gasteiger partial charge in [0.2, 0.25) is 5.91 Å². The first kappa shape index (κ1) is 115. The summed E-state index contributed by atoms with van der Waals surface area (Å²) in [5.74, 6) is 28.8. The highest BCUT2D eigenvalue weighted by Gasteiger charge is 2.42. The minimum atomic E-state index is -1.57. The van der Waals surface area contributed by atoms with Crippen LogP contribution in [0.1, 0.15) is 299 Å². The van der Waals surface area contributed by atoms with Crippen LogP contribution in [0.3, 0.4) is 0 Å². The Morgan fingerprint density at radius 2 is 0.678 bits per heavy atom. The molecule has 1 saturated carbocycles. The van der Waals surface area contributed by atoms with Gasteiger partial charge in [-0.2, -0.15) is 0 Å². The minimum Gasteiger partial charge on any atom is -0.462 e. The van der Waals surface area contributed by atoms with Gasteiger partial charge in [0.15, 0.2) is 5.60 Å². The van der Waals surface area contributed by atoms with E-state index < -0.39 is 51.9 Å². The van der Waals surface area contributed by atoms with E-state index in [4.69, 9.17) is 28.2 Å². The van der Waals surface area contributed by atoms with E-state index in [1.165, 1.54) is 29.8 Å². The zero-order valence-electron chi connectivity index (χ0n) is 90.6. The maximum atomic E-state index is 13.0. The van der Waals surface area contributed by atoms with Gasteiger partial charge in [0.25, 0.3) is 27.8 Å². The van der Waals surface area contributed by atoms with E-state index in [1.807, 2.05) is 94.9 Å². The zero-order valence-corrected chi connectivity index (χ0v) is 90.6. The van der Waals surface area contributed by atoms with Crippen LogP contribution in [0.5, 0.6) is 0 Å². The standard InChI is InChI=1S/C24H28N2O5.C24H30N2O5.C23H30N2O4.C23H29NO4.C22H29NO4/c1-13(2)16(5)30-23(28)20-14(3)10-18-21(20)17(12-26(7)22(18)27)8-9-24(6,29)19-11-15(4)31-25-19;1-15-12-19-21(18(6-9-24(3,4)30)13-25(5)22(19)28)20(15)23(29)31-14-17-7-10-26(11-8-17)16(2)27;1-15-12-18-20(17(6-9-23(2,3)28)13-25(5)21(18)26)19(15)22(27)29-14-16-7-10-24(4)11-8-16;1-13(2)15(4)28-22(26)19-14(3)11-18-20(19)16(12-24(6)21(18)25)9-10-23(5,27)17-7-8-17;1-8-13(2)15(4)27-21(25)18-14(3)11-17-19(18)16(9-10-22(5,6)26)12-23(7)20(17)24/h11-13,16,29H,10H2,1-7H3;13,17,30H,7-8,10-12,14H2,1-5H3;13,16,28H,7-8,10-12,14H2,1-5H3;12-13,15,17,27H,7-8,11H2,1-6H3;12-13,15,26H,8,11H2,1-7H3/t16?,24-;;;;/m1..../s1. The topological polar surface area (TPSA) is 392 Å². The summed E-state index contributed by atoms with van der Waals surface area (Å²) >= 11 is 0. The number of aliphatic hydroxyl groups is 5. The van der Waals surface area contributed by atoms with Crippen molar-refractivity contribution in [1.29, 1.82) is 0 Å². The van der Waals surface area contributed by atoms with Crippen LogP contribution in [0.2, 0.25) is 0 Å². The summed E-state index contributed by atoms with van der Waals surface area (Å²) in [4.78, 5) is 144. The molecular weight excluding hydrogens is 1860 g/mol. The monoisotopic (exact) mass is 2000 g/mol. The lowest BCUT2D eigenvalue weighted by molar-refractivity contribution is -0.144. The number of piperidine rings is 2. The molecule has 30 heteroatoms. The maximum absolute atomic E-state index is 13.0. The normalized spacial score (nSPS) is 17.0. The number of likely N-dealkylation sites (tertiary alicyclic amines) is 2. The molecule has 3 fully saturated rings. The number of hydrogen-bond donors (Lipinski definition) is 5.